The van der Waals surface area contributed by atoms with Crippen molar-refractivity contribution < 1.29 is 28.3 Å². The highest BCUT2D eigenvalue weighted by atomic mass is 19.3. The van der Waals surface area contributed by atoms with E-state index < -0.39 is 35.3 Å². The van der Waals surface area contributed by atoms with Crippen molar-refractivity contribution in [2.75, 3.05) is 6.54 Å². The van der Waals surface area contributed by atoms with Crippen molar-refractivity contribution in [3.8, 4) is 0 Å². The molecule has 1 heterocycles. The molecule has 0 radical (unpaired) electrons. The maximum atomic E-state index is 13.2. The molecule has 1 spiro atoms. The first kappa shape index (κ1) is 16.6. The van der Waals surface area contributed by atoms with Crippen LogP contribution in [0.15, 0.2) is 0 Å². The molecule has 2 N–H and O–H groups in total. The second kappa shape index (κ2) is 5.48. The topological polar surface area (TPSA) is 86.7 Å². The van der Waals surface area contributed by atoms with Gasteiger partial charge >= 0.3 is 5.97 Å². The summed E-state index contributed by atoms with van der Waals surface area (Å²) in [7, 11) is 0. The van der Waals surface area contributed by atoms with E-state index in [-0.39, 0.29) is 31.7 Å². The van der Waals surface area contributed by atoms with Crippen LogP contribution in [0.3, 0.4) is 0 Å². The molecule has 2 fully saturated rings. The van der Waals surface area contributed by atoms with Crippen molar-refractivity contribution in [1.82, 2.24) is 10.2 Å². The predicted octanol–water partition coefficient (Wildman–Crippen LogP) is 0.858. The van der Waals surface area contributed by atoms with Crippen molar-refractivity contribution in [2.45, 2.75) is 51.1 Å². The van der Waals surface area contributed by atoms with E-state index in [0.29, 0.717) is 6.41 Å². The molecule has 8 heteroatoms. The van der Waals surface area contributed by atoms with Crippen LogP contribution in [0, 0.1) is 11.3 Å². The molecular formula is C14H20F2N2O4. The van der Waals surface area contributed by atoms with Gasteiger partial charge in [0.2, 0.25) is 18.2 Å². The zero-order chi connectivity index (χ0) is 16.7. The zero-order valence-electron chi connectivity index (χ0n) is 12.5. The van der Waals surface area contributed by atoms with Gasteiger partial charge in [0.15, 0.2) is 0 Å². The molecule has 124 valence electrons. The van der Waals surface area contributed by atoms with E-state index in [4.69, 9.17) is 0 Å². The number of carboxylic acids is 1. The molecule has 1 saturated heterocycles. The van der Waals surface area contributed by atoms with Crippen LogP contribution in [-0.4, -0.2) is 52.8 Å². The Balaban J connectivity index is 2.19. The minimum Gasteiger partial charge on any atom is -0.480 e. The average molecular weight is 318 g/mol. The van der Waals surface area contributed by atoms with Gasteiger partial charge < -0.3 is 15.3 Å². The normalized spacial score (nSPS) is 26.6. The number of likely N-dealkylation sites (tertiary alicyclic amines) is 1. The quantitative estimate of drug-likeness (QED) is 0.736. The molecule has 1 aliphatic carbocycles. The summed E-state index contributed by atoms with van der Waals surface area (Å²) in [6.45, 7) is 3.44. The molecule has 0 aromatic carbocycles. The Bertz CT molecular complexity index is 487. The van der Waals surface area contributed by atoms with Gasteiger partial charge in [-0.1, -0.05) is 13.8 Å². The summed E-state index contributed by atoms with van der Waals surface area (Å²) < 4.78 is 26.4. The Morgan fingerprint density at radius 1 is 1.36 bits per heavy atom. The van der Waals surface area contributed by atoms with E-state index in [1.807, 2.05) is 0 Å². The molecule has 0 aromatic rings. The number of nitrogens with one attached hydrogen (secondary N) is 1. The van der Waals surface area contributed by atoms with Crippen molar-refractivity contribution >= 4 is 18.3 Å². The molecule has 2 rings (SSSR count). The van der Waals surface area contributed by atoms with Crippen LogP contribution in [0.2, 0.25) is 0 Å². The van der Waals surface area contributed by atoms with Crippen molar-refractivity contribution in [2.24, 2.45) is 11.3 Å². The fourth-order valence-electron chi connectivity index (χ4n) is 3.61. The Kier molecular flexibility index (Phi) is 4.14. The molecule has 2 atom stereocenters. The smallest absolute Gasteiger partial charge is 0.326 e. The summed E-state index contributed by atoms with van der Waals surface area (Å²) in [6, 6.07) is -1.96. The number of rotatable bonds is 5. The van der Waals surface area contributed by atoms with Crippen molar-refractivity contribution in [1.29, 1.82) is 0 Å². The van der Waals surface area contributed by atoms with E-state index in [2.05, 4.69) is 5.32 Å². The highest BCUT2D eigenvalue weighted by Crippen LogP contribution is 2.58. The van der Waals surface area contributed by atoms with Gasteiger partial charge in [0.1, 0.15) is 12.1 Å². The van der Waals surface area contributed by atoms with Crippen LogP contribution < -0.4 is 5.32 Å². The van der Waals surface area contributed by atoms with E-state index >= 15 is 0 Å². The number of aliphatic carboxylic acids is 1. The summed E-state index contributed by atoms with van der Waals surface area (Å²) in [4.78, 5) is 35.7. The van der Waals surface area contributed by atoms with Crippen LogP contribution >= 0.6 is 0 Å². The number of halogens is 2. The molecule has 0 unspecified atom stereocenters. The van der Waals surface area contributed by atoms with E-state index in [9.17, 15) is 28.3 Å². The van der Waals surface area contributed by atoms with Gasteiger partial charge in [-0.3, -0.25) is 9.59 Å². The number of hydrogen-bond acceptors (Lipinski definition) is 3. The number of nitrogens with zero attached hydrogens (tertiary/aromatic N) is 1. The average Bonchev–Trinajstić information content (AvgIpc) is 2.73. The first-order valence-electron chi connectivity index (χ1n) is 7.22. The lowest BCUT2D eigenvalue weighted by atomic mass is 9.65. The largest absolute Gasteiger partial charge is 0.480 e. The fraction of sp³-hybridized carbons (Fsp3) is 0.786. The van der Waals surface area contributed by atoms with E-state index in [1.54, 1.807) is 13.8 Å². The van der Waals surface area contributed by atoms with Crippen LogP contribution in [0.4, 0.5) is 8.78 Å². The predicted molar refractivity (Wildman–Crippen MR) is 72.2 cm³/mol. The van der Waals surface area contributed by atoms with Gasteiger partial charge in [0.05, 0.1) is 0 Å². The second-order valence-corrected chi connectivity index (χ2v) is 6.74. The van der Waals surface area contributed by atoms with Crippen molar-refractivity contribution in [3.05, 3.63) is 0 Å². The lowest BCUT2D eigenvalue weighted by Gasteiger charge is -2.44. The Morgan fingerprint density at radius 2 is 1.95 bits per heavy atom. The molecule has 0 aromatic heterocycles. The molecule has 22 heavy (non-hydrogen) atoms. The summed E-state index contributed by atoms with van der Waals surface area (Å²) >= 11 is 0. The number of alkyl halides is 2. The lowest BCUT2D eigenvalue weighted by molar-refractivity contribution is -0.159. The maximum absolute atomic E-state index is 13.2. The van der Waals surface area contributed by atoms with Crippen LogP contribution in [0.1, 0.15) is 33.1 Å². The van der Waals surface area contributed by atoms with Crippen molar-refractivity contribution in [3.63, 3.8) is 0 Å². The monoisotopic (exact) mass is 318 g/mol. The van der Waals surface area contributed by atoms with Gasteiger partial charge in [-0.05, 0) is 12.3 Å². The standard InChI is InChI=1S/C14H20F2N2O4/c1-8(2)10(17-7-19)11(20)18-6-13(3-9(18)12(21)22)4-14(15,16)5-13/h7-10H,3-6H2,1-2H3,(H,17,19)(H,21,22)/t9-,10-/m0/s1. The summed E-state index contributed by atoms with van der Waals surface area (Å²) in [5.74, 6) is -4.73. The summed E-state index contributed by atoms with van der Waals surface area (Å²) in [5, 5.41) is 11.7. The zero-order valence-corrected chi connectivity index (χ0v) is 12.5. The summed E-state index contributed by atoms with van der Waals surface area (Å²) in [5.41, 5.74) is -0.815. The number of hydrogen-bond donors (Lipinski definition) is 2. The van der Waals surface area contributed by atoms with Gasteiger partial charge in [-0.15, -0.1) is 0 Å². The van der Waals surface area contributed by atoms with Crippen LogP contribution in [0.5, 0.6) is 0 Å². The highest BCUT2D eigenvalue weighted by Gasteiger charge is 2.62. The molecule has 6 nitrogen and oxygen atoms in total. The molecule has 1 aliphatic heterocycles. The molecule has 2 amide bonds. The summed E-state index contributed by atoms with van der Waals surface area (Å²) in [6.07, 6.45) is -0.348. The van der Waals surface area contributed by atoms with E-state index in [0.717, 1.165) is 4.90 Å². The first-order chi connectivity index (χ1) is 10.1. The number of amides is 2. The Labute approximate surface area is 126 Å². The molecular weight excluding hydrogens is 298 g/mol. The number of carboxylic acid groups (broad SMARTS) is 1. The van der Waals surface area contributed by atoms with Crippen LogP contribution in [-0.2, 0) is 14.4 Å². The van der Waals surface area contributed by atoms with Gasteiger partial charge in [0, 0.05) is 24.8 Å². The Morgan fingerprint density at radius 3 is 2.36 bits per heavy atom. The fourth-order valence-corrected chi connectivity index (χ4v) is 3.61. The number of carbonyl (C=O) groups is 3. The Hall–Kier alpha value is -1.73. The minimum atomic E-state index is -2.78. The minimum absolute atomic E-state index is 0.00213. The first-order valence-corrected chi connectivity index (χ1v) is 7.22. The molecule has 0 bridgehead atoms. The highest BCUT2D eigenvalue weighted by molar-refractivity contribution is 5.89. The third-order valence-electron chi connectivity index (χ3n) is 4.52. The van der Waals surface area contributed by atoms with Gasteiger partial charge in [-0.25, -0.2) is 13.6 Å². The molecule has 2 aliphatic rings. The van der Waals surface area contributed by atoms with Crippen LogP contribution in [0.25, 0.3) is 0 Å². The number of carbonyl (C=O) groups excluding carboxylic acids is 2. The van der Waals surface area contributed by atoms with E-state index in [1.165, 1.54) is 0 Å². The second-order valence-electron chi connectivity index (χ2n) is 6.74. The maximum Gasteiger partial charge on any atom is 0.326 e. The third kappa shape index (κ3) is 2.91. The molecule has 1 saturated carbocycles. The third-order valence-corrected chi connectivity index (χ3v) is 4.52. The van der Waals surface area contributed by atoms with Gasteiger partial charge in [0.25, 0.3) is 0 Å². The lowest BCUT2D eigenvalue weighted by Crippen LogP contribution is -2.53. The SMILES string of the molecule is CC(C)[C@H](NC=O)C(=O)N1CC2(C[C@H]1C(=O)O)CC(F)(F)C2. The van der Waals surface area contributed by atoms with Gasteiger partial charge in [-0.2, -0.15) is 0 Å².